The van der Waals surface area contributed by atoms with Gasteiger partial charge in [0.05, 0.1) is 43.8 Å². The third kappa shape index (κ3) is 9.51. The normalized spacial score (nSPS) is 10.0. The number of carbonyl (C=O) groups excluding carboxylic acids is 2. The highest BCUT2D eigenvalue weighted by atomic mass is 31.2. The highest BCUT2D eigenvalue weighted by Gasteiger charge is 2.17. The molecule has 0 atom stereocenters. The van der Waals surface area contributed by atoms with Crippen LogP contribution in [0.25, 0.3) is 0 Å². The summed E-state index contributed by atoms with van der Waals surface area (Å²) in [6.45, 7) is 9.21. The molecule has 142 valence electrons. The Balaban J connectivity index is 0.000000547. The van der Waals surface area contributed by atoms with Crippen LogP contribution in [-0.4, -0.2) is 44.7 Å². The van der Waals surface area contributed by atoms with E-state index in [9.17, 15) is 9.59 Å². The fourth-order valence-electron chi connectivity index (χ4n) is 1.69. The van der Waals surface area contributed by atoms with Crippen LogP contribution in [0.3, 0.4) is 0 Å². The van der Waals surface area contributed by atoms with Crippen molar-refractivity contribution in [1.29, 1.82) is 0 Å². The Morgan fingerprint density at radius 2 is 1.24 bits per heavy atom. The van der Waals surface area contributed by atoms with E-state index in [1.54, 1.807) is 38.1 Å². The van der Waals surface area contributed by atoms with Gasteiger partial charge in [-0.2, -0.15) is 0 Å². The van der Waals surface area contributed by atoms with E-state index in [2.05, 4.69) is 0 Å². The molecule has 0 radical (unpaired) electrons. The molecular weight excluding hydrogens is 345 g/mol. The molecule has 0 aliphatic carbocycles. The molecule has 0 aliphatic rings. The molecule has 0 bridgehead atoms. The van der Waals surface area contributed by atoms with Crippen molar-refractivity contribution < 1.29 is 28.1 Å². The standard InChI is InChI=1S/C12H14O4.C5H14NO2P/c1-3-15-11(13)9-7-5-6-8-10(9)12(14)16-4-2;1-3-7-9(5-6)8-4-2/h5-8H,3-4H2,1-2H3;3-6H2,1-2H3. The van der Waals surface area contributed by atoms with Crippen molar-refractivity contribution in [2.24, 2.45) is 5.73 Å². The lowest BCUT2D eigenvalue weighted by molar-refractivity contribution is 0.0479. The third-order valence-electron chi connectivity index (χ3n) is 2.61. The molecule has 0 aliphatic heterocycles. The lowest BCUT2D eigenvalue weighted by atomic mass is 10.1. The van der Waals surface area contributed by atoms with Crippen LogP contribution in [0.1, 0.15) is 48.4 Å². The first-order valence-corrected chi connectivity index (χ1v) is 9.58. The molecule has 0 spiro atoms. The Hall–Kier alpha value is -1.53. The van der Waals surface area contributed by atoms with Gasteiger partial charge in [0.25, 0.3) is 0 Å². The van der Waals surface area contributed by atoms with Crippen LogP contribution in [0.15, 0.2) is 24.3 Å². The molecule has 0 amide bonds. The van der Waals surface area contributed by atoms with Crippen LogP contribution >= 0.6 is 8.38 Å². The minimum Gasteiger partial charge on any atom is -0.462 e. The number of esters is 2. The second-order valence-corrected chi connectivity index (χ2v) is 5.88. The maximum absolute atomic E-state index is 11.5. The summed E-state index contributed by atoms with van der Waals surface area (Å²) < 4.78 is 20.0. The van der Waals surface area contributed by atoms with Gasteiger partial charge in [-0.05, 0) is 39.8 Å². The first-order chi connectivity index (χ1) is 12.0. The summed E-state index contributed by atoms with van der Waals surface area (Å²) >= 11 is 0. The molecule has 0 fully saturated rings. The van der Waals surface area contributed by atoms with Gasteiger partial charge in [-0.1, -0.05) is 12.1 Å². The van der Waals surface area contributed by atoms with Crippen LogP contribution in [-0.2, 0) is 18.5 Å². The number of ether oxygens (including phenoxy) is 2. The Kier molecular flexibility index (Phi) is 13.9. The monoisotopic (exact) mass is 373 g/mol. The maximum atomic E-state index is 11.5. The fourth-order valence-corrected chi connectivity index (χ4v) is 2.55. The number of benzene rings is 1. The predicted octanol–water partition coefficient (Wildman–Crippen LogP) is 3.33. The van der Waals surface area contributed by atoms with Gasteiger partial charge in [0.1, 0.15) is 0 Å². The first kappa shape index (κ1) is 23.5. The van der Waals surface area contributed by atoms with Gasteiger partial charge in [0, 0.05) is 0 Å². The first-order valence-electron chi connectivity index (χ1n) is 8.22. The summed E-state index contributed by atoms with van der Waals surface area (Å²) in [6, 6.07) is 6.44. The molecule has 0 unspecified atom stereocenters. The van der Waals surface area contributed by atoms with Gasteiger partial charge >= 0.3 is 11.9 Å². The zero-order valence-electron chi connectivity index (χ0n) is 15.3. The van der Waals surface area contributed by atoms with Gasteiger partial charge in [-0.15, -0.1) is 0 Å². The largest absolute Gasteiger partial charge is 0.462 e. The molecule has 0 saturated carbocycles. The van der Waals surface area contributed by atoms with Gasteiger partial charge in [0.15, 0.2) is 8.38 Å². The van der Waals surface area contributed by atoms with E-state index in [0.29, 0.717) is 19.5 Å². The van der Waals surface area contributed by atoms with Crippen molar-refractivity contribution in [2.45, 2.75) is 27.7 Å². The van der Waals surface area contributed by atoms with E-state index >= 15 is 0 Å². The van der Waals surface area contributed by atoms with Crippen LogP contribution in [0.2, 0.25) is 0 Å². The number of hydrogen-bond donors (Lipinski definition) is 1. The van der Waals surface area contributed by atoms with E-state index in [1.165, 1.54) is 0 Å². The summed E-state index contributed by atoms with van der Waals surface area (Å²) in [5.41, 5.74) is 5.80. The van der Waals surface area contributed by atoms with E-state index in [0.717, 1.165) is 0 Å². The molecule has 25 heavy (non-hydrogen) atoms. The summed E-state index contributed by atoms with van der Waals surface area (Å²) in [6.07, 6.45) is 0.497. The average molecular weight is 373 g/mol. The number of carbonyl (C=O) groups is 2. The zero-order chi connectivity index (χ0) is 19.1. The second-order valence-electron chi connectivity index (χ2n) is 4.34. The van der Waals surface area contributed by atoms with Gasteiger partial charge < -0.3 is 24.3 Å². The number of nitrogens with two attached hydrogens (primary N) is 1. The molecular formula is C17H28NO6P. The van der Waals surface area contributed by atoms with Crippen LogP contribution in [0.4, 0.5) is 0 Å². The van der Waals surface area contributed by atoms with Crippen molar-refractivity contribution in [3.63, 3.8) is 0 Å². The molecule has 1 rings (SSSR count). The molecule has 1 aromatic rings. The lowest BCUT2D eigenvalue weighted by Gasteiger charge is -2.11. The molecule has 1 aromatic carbocycles. The molecule has 0 saturated heterocycles. The minimum absolute atomic E-state index is 0.239. The second kappa shape index (κ2) is 14.8. The average Bonchev–Trinajstić information content (AvgIpc) is 2.62. The van der Waals surface area contributed by atoms with E-state index < -0.39 is 20.3 Å². The molecule has 7 nitrogen and oxygen atoms in total. The Bertz CT molecular complexity index is 469. The van der Waals surface area contributed by atoms with E-state index in [1.807, 2.05) is 13.8 Å². The van der Waals surface area contributed by atoms with Crippen LogP contribution in [0.5, 0.6) is 0 Å². The zero-order valence-corrected chi connectivity index (χ0v) is 16.2. The number of rotatable bonds is 9. The molecule has 8 heteroatoms. The minimum atomic E-state index is -0.781. The van der Waals surface area contributed by atoms with Crippen molar-refractivity contribution in [3.05, 3.63) is 35.4 Å². The van der Waals surface area contributed by atoms with E-state index in [4.69, 9.17) is 24.3 Å². The van der Waals surface area contributed by atoms with Crippen molar-refractivity contribution in [3.8, 4) is 0 Å². The summed E-state index contributed by atoms with van der Waals surface area (Å²) in [4.78, 5) is 23.1. The highest BCUT2D eigenvalue weighted by Crippen LogP contribution is 2.34. The van der Waals surface area contributed by atoms with Gasteiger partial charge in [-0.25, -0.2) is 9.59 Å². The van der Waals surface area contributed by atoms with Crippen molar-refractivity contribution in [1.82, 2.24) is 0 Å². The Labute approximate surface area is 150 Å². The highest BCUT2D eigenvalue weighted by molar-refractivity contribution is 7.47. The number of hydrogen-bond acceptors (Lipinski definition) is 7. The topological polar surface area (TPSA) is 97.1 Å². The van der Waals surface area contributed by atoms with Crippen LogP contribution in [0, 0.1) is 0 Å². The van der Waals surface area contributed by atoms with Gasteiger partial charge in [-0.3, -0.25) is 0 Å². The summed E-state index contributed by atoms with van der Waals surface area (Å²) in [5.74, 6) is -1.02. The Morgan fingerprint density at radius 3 is 1.52 bits per heavy atom. The maximum Gasteiger partial charge on any atom is 0.338 e. The van der Waals surface area contributed by atoms with Crippen LogP contribution < -0.4 is 5.73 Å². The van der Waals surface area contributed by atoms with E-state index in [-0.39, 0.29) is 24.3 Å². The SMILES string of the molecule is CCOC(=O)c1ccccc1C(=O)OCC.CCOP(CN)OCC. The molecule has 2 N–H and O–H groups in total. The lowest BCUT2D eigenvalue weighted by Crippen LogP contribution is -2.13. The Morgan fingerprint density at radius 1 is 0.840 bits per heavy atom. The molecule has 0 aromatic heterocycles. The predicted molar refractivity (Wildman–Crippen MR) is 97.6 cm³/mol. The van der Waals surface area contributed by atoms with Gasteiger partial charge in [0.2, 0.25) is 0 Å². The van der Waals surface area contributed by atoms with Crippen molar-refractivity contribution in [2.75, 3.05) is 32.7 Å². The summed E-state index contributed by atoms with van der Waals surface area (Å²) in [5, 5.41) is 0. The smallest absolute Gasteiger partial charge is 0.338 e. The quantitative estimate of drug-likeness (QED) is 0.524. The third-order valence-corrected chi connectivity index (χ3v) is 4.00. The fraction of sp³-hybridized carbons (Fsp3) is 0.529. The summed E-state index contributed by atoms with van der Waals surface area (Å²) in [7, 11) is -0.781. The molecule has 0 heterocycles. The van der Waals surface area contributed by atoms with Crippen molar-refractivity contribution >= 4 is 20.3 Å².